The van der Waals surface area contributed by atoms with E-state index >= 15 is 0 Å². The second kappa shape index (κ2) is 5.66. The quantitative estimate of drug-likeness (QED) is 0.582. The summed E-state index contributed by atoms with van der Waals surface area (Å²) in [6.45, 7) is 1.87. The van der Waals surface area contributed by atoms with Crippen LogP contribution in [0, 0.1) is 11.3 Å². The second-order valence-corrected chi connectivity index (χ2v) is 3.10. The van der Waals surface area contributed by atoms with Crippen LogP contribution in [-0.4, -0.2) is 26.0 Å². The Hall–Kier alpha value is -2.35. The topological polar surface area (TPSA) is 76.4 Å². The molecule has 0 saturated carbocycles. The fourth-order valence-corrected chi connectivity index (χ4v) is 1.39. The normalized spacial score (nSPS) is 9.24. The third-order valence-corrected chi connectivity index (χ3v) is 2.07. The number of nitriles is 1. The zero-order chi connectivity index (χ0) is 12.8. The van der Waals surface area contributed by atoms with Crippen molar-refractivity contribution in [1.82, 2.24) is 0 Å². The van der Waals surface area contributed by atoms with Crippen LogP contribution >= 0.6 is 0 Å². The van der Waals surface area contributed by atoms with E-state index < -0.39 is 5.97 Å². The molecule has 5 heteroatoms. The van der Waals surface area contributed by atoms with Crippen LogP contribution in [0.15, 0.2) is 12.1 Å². The highest BCUT2D eigenvalue weighted by Crippen LogP contribution is 2.25. The molecule has 0 radical (unpaired) electrons. The molecule has 0 N–H and O–H groups in total. The van der Waals surface area contributed by atoms with Gasteiger partial charge in [0.2, 0.25) is 0 Å². The number of ether oxygens (including phenoxy) is 2. The first-order valence-electron chi connectivity index (χ1n) is 4.92. The van der Waals surface area contributed by atoms with Crippen LogP contribution in [0.3, 0.4) is 0 Å². The molecular weight excluding hydrogens is 222 g/mol. The molecule has 0 aliphatic carbocycles. The van der Waals surface area contributed by atoms with E-state index in [1.165, 1.54) is 19.2 Å². The molecule has 1 rings (SSSR count). The summed E-state index contributed by atoms with van der Waals surface area (Å²) in [5.74, 6) is -0.498. The lowest BCUT2D eigenvalue weighted by atomic mass is 10.1. The van der Waals surface area contributed by atoms with Gasteiger partial charge in [-0.15, -0.1) is 0 Å². The number of hydrogen-bond acceptors (Lipinski definition) is 5. The zero-order valence-electron chi connectivity index (χ0n) is 9.52. The first-order chi connectivity index (χ1) is 8.17. The Balaban J connectivity index is 3.40. The smallest absolute Gasteiger partial charge is 0.341 e. The van der Waals surface area contributed by atoms with Gasteiger partial charge < -0.3 is 9.47 Å². The molecule has 0 bridgehead atoms. The maximum atomic E-state index is 11.6. The number of carbonyl (C=O) groups is 2. The minimum Gasteiger partial charge on any atom is -0.495 e. The third-order valence-electron chi connectivity index (χ3n) is 2.07. The van der Waals surface area contributed by atoms with Crippen LogP contribution in [0.5, 0.6) is 5.75 Å². The van der Waals surface area contributed by atoms with E-state index in [1.807, 2.05) is 6.07 Å². The number of carbonyl (C=O) groups excluding carboxylic acids is 2. The average molecular weight is 233 g/mol. The minimum atomic E-state index is -0.621. The molecule has 0 saturated heterocycles. The summed E-state index contributed by atoms with van der Waals surface area (Å²) in [4.78, 5) is 22.5. The van der Waals surface area contributed by atoms with Crippen molar-refractivity contribution in [1.29, 1.82) is 5.26 Å². The van der Waals surface area contributed by atoms with Gasteiger partial charge in [-0.2, -0.15) is 5.26 Å². The number of aldehydes is 1. The highest BCUT2D eigenvalue weighted by Gasteiger charge is 2.18. The second-order valence-electron chi connectivity index (χ2n) is 3.10. The van der Waals surface area contributed by atoms with Gasteiger partial charge in [0.15, 0.2) is 6.29 Å². The first-order valence-corrected chi connectivity index (χ1v) is 4.92. The van der Waals surface area contributed by atoms with Crippen molar-refractivity contribution in [2.75, 3.05) is 13.7 Å². The van der Waals surface area contributed by atoms with Crippen molar-refractivity contribution < 1.29 is 19.1 Å². The van der Waals surface area contributed by atoms with Gasteiger partial charge >= 0.3 is 5.97 Å². The summed E-state index contributed by atoms with van der Waals surface area (Å²) in [6, 6.07) is 4.56. The van der Waals surface area contributed by atoms with E-state index in [4.69, 9.17) is 14.7 Å². The molecule has 1 aromatic carbocycles. The average Bonchev–Trinajstić information content (AvgIpc) is 2.37. The molecule has 0 aromatic heterocycles. The maximum absolute atomic E-state index is 11.6. The lowest BCUT2D eigenvalue weighted by molar-refractivity contribution is 0.0522. The van der Waals surface area contributed by atoms with Gasteiger partial charge in [0.05, 0.1) is 30.9 Å². The van der Waals surface area contributed by atoms with Crippen LogP contribution in [0.4, 0.5) is 0 Å². The summed E-state index contributed by atoms with van der Waals surface area (Å²) >= 11 is 0. The fourth-order valence-electron chi connectivity index (χ4n) is 1.39. The van der Waals surface area contributed by atoms with Crippen molar-refractivity contribution in [3.05, 3.63) is 28.8 Å². The number of hydrogen-bond donors (Lipinski definition) is 0. The predicted octanol–water partition coefficient (Wildman–Crippen LogP) is 1.56. The van der Waals surface area contributed by atoms with Gasteiger partial charge in [-0.05, 0) is 19.1 Å². The highest BCUT2D eigenvalue weighted by molar-refractivity contribution is 5.97. The SMILES string of the molecule is CCOC(=O)c1cc(C#N)cc(C=O)c1OC. The zero-order valence-corrected chi connectivity index (χ0v) is 9.52. The van der Waals surface area contributed by atoms with E-state index in [0.717, 1.165) is 0 Å². The van der Waals surface area contributed by atoms with Crippen molar-refractivity contribution >= 4 is 12.3 Å². The molecule has 0 aliphatic heterocycles. The molecule has 5 nitrogen and oxygen atoms in total. The van der Waals surface area contributed by atoms with Gasteiger partial charge in [0, 0.05) is 0 Å². The minimum absolute atomic E-state index is 0.0792. The number of rotatable bonds is 4. The van der Waals surface area contributed by atoms with Crippen LogP contribution < -0.4 is 4.74 Å². The van der Waals surface area contributed by atoms with E-state index in [1.54, 1.807) is 6.92 Å². The summed E-state index contributed by atoms with van der Waals surface area (Å²) < 4.78 is 9.82. The summed E-state index contributed by atoms with van der Waals surface area (Å²) in [5, 5.41) is 8.80. The Labute approximate surface area is 98.6 Å². The molecule has 1 aromatic rings. The van der Waals surface area contributed by atoms with Crippen LogP contribution in [0.1, 0.15) is 33.2 Å². The van der Waals surface area contributed by atoms with Gasteiger partial charge in [-0.1, -0.05) is 0 Å². The number of methoxy groups -OCH3 is 1. The first kappa shape index (κ1) is 12.7. The Kier molecular flexibility index (Phi) is 4.23. The summed E-state index contributed by atoms with van der Waals surface area (Å²) in [7, 11) is 1.34. The molecule has 17 heavy (non-hydrogen) atoms. The molecule has 0 heterocycles. The lowest BCUT2D eigenvalue weighted by Gasteiger charge is -2.10. The van der Waals surface area contributed by atoms with E-state index in [-0.39, 0.29) is 29.0 Å². The van der Waals surface area contributed by atoms with Crippen LogP contribution in [0.2, 0.25) is 0 Å². The molecule has 0 spiro atoms. The Morgan fingerprint density at radius 1 is 1.53 bits per heavy atom. The number of benzene rings is 1. The van der Waals surface area contributed by atoms with Gasteiger partial charge in [-0.3, -0.25) is 4.79 Å². The maximum Gasteiger partial charge on any atom is 0.341 e. The Morgan fingerprint density at radius 3 is 2.71 bits per heavy atom. The predicted molar refractivity (Wildman–Crippen MR) is 59.1 cm³/mol. The molecule has 0 fully saturated rings. The van der Waals surface area contributed by atoms with Crippen molar-refractivity contribution in [2.45, 2.75) is 6.92 Å². The van der Waals surface area contributed by atoms with E-state index in [0.29, 0.717) is 6.29 Å². The summed E-state index contributed by atoms with van der Waals surface area (Å²) in [5.41, 5.74) is 0.432. The number of nitrogens with zero attached hydrogens (tertiary/aromatic N) is 1. The monoisotopic (exact) mass is 233 g/mol. The van der Waals surface area contributed by atoms with E-state index in [9.17, 15) is 9.59 Å². The van der Waals surface area contributed by atoms with Crippen molar-refractivity contribution in [3.8, 4) is 11.8 Å². The van der Waals surface area contributed by atoms with Crippen LogP contribution in [-0.2, 0) is 4.74 Å². The van der Waals surface area contributed by atoms with E-state index in [2.05, 4.69) is 0 Å². The van der Waals surface area contributed by atoms with Crippen molar-refractivity contribution in [2.24, 2.45) is 0 Å². The van der Waals surface area contributed by atoms with Gasteiger partial charge in [-0.25, -0.2) is 4.79 Å². The molecule has 0 atom stereocenters. The fraction of sp³-hybridized carbons (Fsp3) is 0.250. The Morgan fingerprint density at radius 2 is 2.24 bits per heavy atom. The molecule has 0 amide bonds. The standard InChI is InChI=1S/C12H11NO4/c1-3-17-12(15)10-5-8(6-13)4-9(7-14)11(10)16-2/h4-5,7H,3H2,1-2H3. The molecular formula is C12H11NO4. The molecule has 0 unspecified atom stereocenters. The van der Waals surface area contributed by atoms with Gasteiger partial charge in [0.25, 0.3) is 0 Å². The largest absolute Gasteiger partial charge is 0.495 e. The van der Waals surface area contributed by atoms with Crippen LogP contribution in [0.25, 0.3) is 0 Å². The Bertz CT molecular complexity index is 488. The summed E-state index contributed by atoms with van der Waals surface area (Å²) in [6.07, 6.45) is 0.530. The lowest BCUT2D eigenvalue weighted by Crippen LogP contribution is -2.09. The highest BCUT2D eigenvalue weighted by atomic mass is 16.5. The molecule has 0 aliphatic rings. The molecule has 88 valence electrons. The van der Waals surface area contributed by atoms with Gasteiger partial charge in [0.1, 0.15) is 11.3 Å². The number of esters is 1. The van der Waals surface area contributed by atoms with Crippen molar-refractivity contribution in [3.63, 3.8) is 0 Å². The third kappa shape index (κ3) is 2.61.